The van der Waals surface area contributed by atoms with Gasteiger partial charge in [-0.05, 0) is 6.42 Å². The molecule has 1 aliphatic heterocycles. The fourth-order valence-corrected chi connectivity index (χ4v) is 2.06. The number of fused-ring (bicyclic) bond motifs is 1. The molecule has 13 heavy (non-hydrogen) atoms. The van der Waals surface area contributed by atoms with Gasteiger partial charge in [0.05, 0.1) is 6.04 Å². The topological polar surface area (TPSA) is 93.5 Å². The Morgan fingerprint density at radius 3 is 3.08 bits per heavy atom. The number of rotatable bonds is 1. The lowest BCUT2D eigenvalue weighted by Gasteiger charge is -2.26. The van der Waals surface area contributed by atoms with Crippen LogP contribution in [0, 0.1) is 16.0 Å². The molecule has 2 rings (SSSR count). The number of nitro groups is 1. The van der Waals surface area contributed by atoms with Gasteiger partial charge in [-0.3, -0.25) is 10.1 Å². The third-order valence-corrected chi connectivity index (χ3v) is 2.86. The van der Waals surface area contributed by atoms with Crippen LogP contribution in [0.15, 0.2) is 5.10 Å². The molecule has 72 valence electrons. The first-order valence-corrected chi connectivity index (χ1v) is 4.40. The maximum Gasteiger partial charge on any atom is 0.214 e. The Balaban J connectivity index is 2.06. The van der Waals surface area contributed by atoms with Crippen LogP contribution in [0.4, 0.5) is 0 Å². The average Bonchev–Trinajstić information content (AvgIpc) is 2.47. The molecule has 0 aromatic carbocycles. The van der Waals surface area contributed by atoms with Gasteiger partial charge in [0.1, 0.15) is 5.84 Å². The third-order valence-electron chi connectivity index (χ3n) is 2.86. The van der Waals surface area contributed by atoms with Crippen molar-refractivity contribution in [2.45, 2.75) is 31.3 Å². The van der Waals surface area contributed by atoms with Crippen molar-refractivity contribution in [3.05, 3.63) is 10.1 Å². The number of amidine groups is 1. The third kappa shape index (κ3) is 1.32. The highest BCUT2D eigenvalue weighted by Crippen LogP contribution is 2.29. The number of nitrogens with one attached hydrogen (secondary N) is 1. The second kappa shape index (κ2) is 2.86. The number of nitrogens with two attached hydrogens (primary N) is 1. The Labute approximate surface area is 75.3 Å². The fraction of sp³-hybridized carbons (Fsp3) is 0.857. The molecule has 0 spiro atoms. The van der Waals surface area contributed by atoms with Crippen LogP contribution in [0.3, 0.4) is 0 Å². The maximum atomic E-state index is 10.6. The Hall–Kier alpha value is -1.33. The lowest BCUT2D eigenvalue weighted by molar-refractivity contribution is -0.527. The van der Waals surface area contributed by atoms with Gasteiger partial charge in [0.25, 0.3) is 0 Å². The summed E-state index contributed by atoms with van der Waals surface area (Å²) < 4.78 is 0. The molecule has 0 saturated heterocycles. The smallest absolute Gasteiger partial charge is 0.214 e. The molecule has 2 aliphatic rings. The van der Waals surface area contributed by atoms with E-state index < -0.39 is 6.04 Å². The highest BCUT2D eigenvalue weighted by molar-refractivity contribution is 5.84. The molecule has 0 amide bonds. The van der Waals surface area contributed by atoms with Crippen molar-refractivity contribution in [1.29, 1.82) is 0 Å². The maximum absolute atomic E-state index is 10.6. The predicted molar refractivity (Wildman–Crippen MR) is 46.7 cm³/mol. The van der Waals surface area contributed by atoms with Crippen LogP contribution < -0.4 is 11.2 Å². The molecule has 0 aromatic heterocycles. The van der Waals surface area contributed by atoms with Gasteiger partial charge in [-0.25, -0.2) is 0 Å². The van der Waals surface area contributed by atoms with Crippen molar-refractivity contribution in [3.8, 4) is 0 Å². The van der Waals surface area contributed by atoms with Crippen LogP contribution in [0.5, 0.6) is 0 Å². The van der Waals surface area contributed by atoms with E-state index in [0.29, 0.717) is 18.7 Å². The zero-order valence-corrected chi connectivity index (χ0v) is 7.14. The van der Waals surface area contributed by atoms with E-state index in [1.807, 2.05) is 0 Å². The second-order valence-electron chi connectivity index (χ2n) is 3.63. The molecule has 0 aromatic rings. The first kappa shape index (κ1) is 8.28. The molecular formula is C7H12N4O2. The van der Waals surface area contributed by atoms with Gasteiger partial charge in [-0.2, -0.15) is 5.10 Å². The van der Waals surface area contributed by atoms with Gasteiger partial charge in [0.2, 0.25) is 6.04 Å². The molecular weight excluding hydrogens is 172 g/mol. The van der Waals surface area contributed by atoms with E-state index >= 15 is 0 Å². The van der Waals surface area contributed by atoms with Crippen LogP contribution >= 0.6 is 0 Å². The van der Waals surface area contributed by atoms with Crippen molar-refractivity contribution in [3.63, 3.8) is 0 Å². The van der Waals surface area contributed by atoms with Crippen LogP contribution in [0.2, 0.25) is 0 Å². The Morgan fingerprint density at radius 2 is 2.38 bits per heavy atom. The normalized spacial score (nSPS) is 37.5. The molecule has 3 unspecified atom stereocenters. The minimum Gasteiger partial charge on any atom is -0.385 e. The van der Waals surface area contributed by atoms with Crippen LogP contribution in [-0.2, 0) is 0 Å². The van der Waals surface area contributed by atoms with Gasteiger partial charge in [0.15, 0.2) is 0 Å². The lowest BCUT2D eigenvalue weighted by Crippen LogP contribution is -2.41. The molecule has 3 N–H and O–H groups in total. The predicted octanol–water partition coefficient (Wildman–Crippen LogP) is -0.324. The second-order valence-corrected chi connectivity index (χ2v) is 3.63. The van der Waals surface area contributed by atoms with E-state index in [9.17, 15) is 10.1 Å². The van der Waals surface area contributed by atoms with Crippen molar-refractivity contribution < 1.29 is 4.92 Å². The summed E-state index contributed by atoms with van der Waals surface area (Å²) in [6, 6.07) is -0.203. The standard InChI is InChI=1S/C7H12N4O2/c8-7-5-3-4(11(12)13)1-2-6(5)9-10-7/h4-6,9H,1-3H2,(H2,8,10). The number of hydrazone groups is 1. The van der Waals surface area contributed by atoms with Crippen molar-refractivity contribution in [1.82, 2.24) is 5.43 Å². The summed E-state index contributed by atoms with van der Waals surface area (Å²) in [5.74, 6) is 0.598. The highest BCUT2D eigenvalue weighted by Gasteiger charge is 2.40. The van der Waals surface area contributed by atoms with E-state index in [1.165, 1.54) is 0 Å². The largest absolute Gasteiger partial charge is 0.385 e. The molecule has 6 nitrogen and oxygen atoms in total. The van der Waals surface area contributed by atoms with Crippen LogP contribution in [0.1, 0.15) is 19.3 Å². The van der Waals surface area contributed by atoms with Gasteiger partial charge in [0, 0.05) is 23.7 Å². The summed E-state index contributed by atoms with van der Waals surface area (Å²) in [7, 11) is 0. The molecule has 0 radical (unpaired) electrons. The van der Waals surface area contributed by atoms with Crippen LogP contribution in [-0.4, -0.2) is 22.8 Å². The molecule has 1 fully saturated rings. The molecule has 6 heteroatoms. The van der Waals surface area contributed by atoms with E-state index in [2.05, 4.69) is 10.5 Å². The van der Waals surface area contributed by atoms with E-state index in [0.717, 1.165) is 6.42 Å². The monoisotopic (exact) mass is 184 g/mol. The summed E-state index contributed by atoms with van der Waals surface area (Å²) in [5.41, 5.74) is 8.52. The summed E-state index contributed by atoms with van der Waals surface area (Å²) in [5, 5.41) is 14.5. The van der Waals surface area contributed by atoms with Gasteiger partial charge in [-0.1, -0.05) is 0 Å². The SMILES string of the molecule is NC1=NNC2CCC([N+](=O)[O-])CC12. The highest BCUT2D eigenvalue weighted by atomic mass is 16.6. The zero-order chi connectivity index (χ0) is 9.42. The number of hydrogen-bond acceptors (Lipinski definition) is 5. The van der Waals surface area contributed by atoms with Crippen molar-refractivity contribution >= 4 is 5.84 Å². The molecule has 1 heterocycles. The number of hydrogen-bond donors (Lipinski definition) is 2. The minimum atomic E-state index is -0.435. The Bertz CT molecular complexity index is 265. The summed E-state index contributed by atoms with van der Waals surface area (Å²) in [4.78, 5) is 10.3. The first-order valence-electron chi connectivity index (χ1n) is 4.40. The van der Waals surface area contributed by atoms with E-state index in [-0.39, 0.29) is 16.9 Å². The Kier molecular flexibility index (Phi) is 1.82. The van der Waals surface area contributed by atoms with Crippen LogP contribution in [0.25, 0.3) is 0 Å². The summed E-state index contributed by atoms with van der Waals surface area (Å²) in [6.07, 6.45) is 1.95. The van der Waals surface area contributed by atoms with Gasteiger partial charge in [-0.15, -0.1) is 0 Å². The fourth-order valence-electron chi connectivity index (χ4n) is 2.06. The zero-order valence-electron chi connectivity index (χ0n) is 7.14. The lowest BCUT2D eigenvalue weighted by atomic mass is 9.82. The van der Waals surface area contributed by atoms with E-state index in [4.69, 9.17) is 5.73 Å². The molecule has 1 aliphatic carbocycles. The minimum absolute atomic E-state index is 0.0733. The summed E-state index contributed by atoms with van der Waals surface area (Å²) in [6.45, 7) is 0. The van der Waals surface area contributed by atoms with E-state index in [1.54, 1.807) is 0 Å². The first-order chi connectivity index (χ1) is 6.18. The average molecular weight is 184 g/mol. The molecule has 1 saturated carbocycles. The molecule has 3 atom stereocenters. The number of nitrogens with zero attached hydrogens (tertiary/aromatic N) is 2. The van der Waals surface area contributed by atoms with Gasteiger partial charge < -0.3 is 11.2 Å². The quantitative estimate of drug-likeness (QED) is 0.431. The van der Waals surface area contributed by atoms with Crippen molar-refractivity contribution in [2.24, 2.45) is 16.8 Å². The Morgan fingerprint density at radius 1 is 1.62 bits per heavy atom. The molecule has 0 bridgehead atoms. The van der Waals surface area contributed by atoms with Crippen molar-refractivity contribution in [2.75, 3.05) is 0 Å². The summed E-state index contributed by atoms with van der Waals surface area (Å²) >= 11 is 0. The van der Waals surface area contributed by atoms with Gasteiger partial charge >= 0.3 is 0 Å².